The number of rotatable bonds is 6. The summed E-state index contributed by atoms with van der Waals surface area (Å²) < 4.78 is 0. The number of guanidine groups is 1. The molecule has 0 radical (unpaired) electrons. The molecule has 0 amide bonds. The Morgan fingerprint density at radius 1 is 1.17 bits per heavy atom. The van der Waals surface area contributed by atoms with Crippen LogP contribution in [0.1, 0.15) is 30.4 Å². The van der Waals surface area contributed by atoms with E-state index in [1.54, 1.807) is 0 Å². The van der Waals surface area contributed by atoms with Gasteiger partial charge in [-0.25, -0.2) is 0 Å². The van der Waals surface area contributed by atoms with Crippen LogP contribution >= 0.6 is 0 Å². The van der Waals surface area contributed by atoms with Gasteiger partial charge in [-0.1, -0.05) is 12.5 Å². The Labute approximate surface area is 147 Å². The van der Waals surface area contributed by atoms with Gasteiger partial charge in [-0.15, -0.1) is 0 Å². The van der Waals surface area contributed by atoms with Crippen LogP contribution in [0, 0.1) is 6.92 Å². The second-order valence-corrected chi connectivity index (χ2v) is 6.76. The molecule has 0 aromatic heterocycles. The molecule has 0 aliphatic carbocycles. The molecule has 1 aliphatic heterocycles. The first-order chi connectivity index (χ1) is 11.6. The van der Waals surface area contributed by atoms with Crippen molar-refractivity contribution in [3.63, 3.8) is 0 Å². The molecule has 2 rings (SSSR count). The molecule has 1 saturated heterocycles. The smallest absolute Gasteiger partial charge is 0.191 e. The molecule has 1 aromatic rings. The van der Waals surface area contributed by atoms with Crippen LogP contribution in [0.15, 0.2) is 23.2 Å². The average molecular weight is 332 g/mol. The summed E-state index contributed by atoms with van der Waals surface area (Å²) >= 11 is 0. The number of nitrogens with zero attached hydrogens (tertiary/aromatic N) is 3. The van der Waals surface area contributed by atoms with Gasteiger partial charge in [-0.2, -0.15) is 0 Å². The zero-order valence-electron chi connectivity index (χ0n) is 15.7. The van der Waals surface area contributed by atoms with Gasteiger partial charge in [0.25, 0.3) is 0 Å². The molecule has 2 N–H and O–H groups in total. The maximum atomic E-state index is 4.33. The SMILES string of the molecule is CN=C(NCCN1CCCCC1)NCc1ccc(N(C)C)cc1C. The van der Waals surface area contributed by atoms with Crippen LogP contribution in [-0.2, 0) is 6.54 Å². The number of aryl methyl sites for hydroxylation is 1. The minimum Gasteiger partial charge on any atom is -0.378 e. The summed E-state index contributed by atoms with van der Waals surface area (Å²) in [6.45, 7) is 7.48. The maximum Gasteiger partial charge on any atom is 0.191 e. The summed E-state index contributed by atoms with van der Waals surface area (Å²) in [6, 6.07) is 6.58. The largest absolute Gasteiger partial charge is 0.378 e. The fraction of sp³-hybridized carbons (Fsp3) is 0.632. The molecule has 1 fully saturated rings. The highest BCUT2D eigenvalue weighted by atomic mass is 15.2. The molecule has 0 saturated carbocycles. The Morgan fingerprint density at radius 2 is 1.92 bits per heavy atom. The average Bonchev–Trinajstić information content (AvgIpc) is 2.59. The third-order valence-electron chi connectivity index (χ3n) is 4.68. The van der Waals surface area contributed by atoms with Crippen molar-refractivity contribution in [1.82, 2.24) is 15.5 Å². The lowest BCUT2D eigenvalue weighted by atomic mass is 10.1. The van der Waals surface area contributed by atoms with Crippen molar-refractivity contribution in [3.05, 3.63) is 29.3 Å². The Balaban J connectivity index is 1.76. The van der Waals surface area contributed by atoms with Crippen molar-refractivity contribution in [2.24, 2.45) is 4.99 Å². The van der Waals surface area contributed by atoms with Crippen LogP contribution in [-0.4, -0.2) is 58.2 Å². The van der Waals surface area contributed by atoms with E-state index in [-0.39, 0.29) is 0 Å². The van der Waals surface area contributed by atoms with Crippen LogP contribution in [0.3, 0.4) is 0 Å². The van der Waals surface area contributed by atoms with E-state index in [2.05, 4.69) is 64.6 Å². The van der Waals surface area contributed by atoms with Crippen LogP contribution in [0.5, 0.6) is 0 Å². The normalized spacial score (nSPS) is 16.1. The number of likely N-dealkylation sites (tertiary alicyclic amines) is 1. The van der Waals surface area contributed by atoms with Gasteiger partial charge in [0.05, 0.1) is 0 Å². The molecule has 134 valence electrons. The van der Waals surface area contributed by atoms with E-state index in [9.17, 15) is 0 Å². The predicted octanol–water partition coefficient (Wildman–Crippen LogP) is 2.21. The van der Waals surface area contributed by atoms with Crippen LogP contribution in [0.2, 0.25) is 0 Å². The van der Waals surface area contributed by atoms with Crippen molar-refractivity contribution in [3.8, 4) is 0 Å². The fourth-order valence-electron chi connectivity index (χ4n) is 3.07. The second kappa shape index (κ2) is 9.52. The number of anilines is 1. The predicted molar refractivity (Wildman–Crippen MR) is 104 cm³/mol. The van der Waals surface area contributed by atoms with Crippen LogP contribution in [0.25, 0.3) is 0 Å². The lowest BCUT2D eigenvalue weighted by molar-refractivity contribution is 0.232. The zero-order chi connectivity index (χ0) is 17.4. The van der Waals surface area contributed by atoms with Crippen molar-refractivity contribution in [2.75, 3.05) is 52.2 Å². The first-order valence-corrected chi connectivity index (χ1v) is 9.04. The van der Waals surface area contributed by atoms with E-state index in [4.69, 9.17) is 0 Å². The maximum absolute atomic E-state index is 4.33. The van der Waals surface area contributed by atoms with E-state index in [0.717, 1.165) is 25.6 Å². The third-order valence-corrected chi connectivity index (χ3v) is 4.68. The Hall–Kier alpha value is -1.75. The summed E-state index contributed by atoms with van der Waals surface area (Å²) in [5.74, 6) is 0.878. The number of aliphatic imine (C=N–C) groups is 1. The number of piperidine rings is 1. The quantitative estimate of drug-likeness (QED) is 0.620. The molecule has 1 heterocycles. The number of hydrogen-bond acceptors (Lipinski definition) is 3. The molecular weight excluding hydrogens is 298 g/mol. The molecule has 5 heteroatoms. The number of hydrogen-bond donors (Lipinski definition) is 2. The standard InChI is InChI=1S/C19H33N5/c1-16-14-18(23(3)4)9-8-17(16)15-22-19(20-2)21-10-13-24-11-6-5-7-12-24/h8-9,14H,5-7,10-13,15H2,1-4H3,(H2,20,21,22). The molecule has 0 bridgehead atoms. The third kappa shape index (κ3) is 5.71. The molecular formula is C19H33N5. The molecule has 24 heavy (non-hydrogen) atoms. The van der Waals surface area contributed by atoms with Gasteiger partial charge in [-0.3, -0.25) is 4.99 Å². The molecule has 0 spiro atoms. The highest BCUT2D eigenvalue weighted by molar-refractivity contribution is 5.79. The summed E-state index contributed by atoms with van der Waals surface area (Å²) in [5, 5.41) is 6.84. The molecule has 0 unspecified atom stereocenters. The van der Waals surface area contributed by atoms with Crippen molar-refractivity contribution < 1.29 is 0 Å². The van der Waals surface area contributed by atoms with Crippen molar-refractivity contribution in [1.29, 1.82) is 0 Å². The lowest BCUT2D eigenvalue weighted by Crippen LogP contribution is -2.42. The highest BCUT2D eigenvalue weighted by Crippen LogP contribution is 2.17. The number of nitrogens with one attached hydrogen (secondary N) is 2. The summed E-state index contributed by atoms with van der Waals surface area (Å²) in [5.41, 5.74) is 3.84. The van der Waals surface area contributed by atoms with E-state index in [1.165, 1.54) is 49.2 Å². The minimum absolute atomic E-state index is 0.795. The topological polar surface area (TPSA) is 42.9 Å². The molecule has 0 atom stereocenters. The van der Waals surface area contributed by atoms with Crippen molar-refractivity contribution in [2.45, 2.75) is 32.7 Å². The van der Waals surface area contributed by atoms with Gasteiger partial charge in [0.1, 0.15) is 0 Å². The van der Waals surface area contributed by atoms with Gasteiger partial charge in [0.2, 0.25) is 0 Å². The van der Waals surface area contributed by atoms with E-state index in [0.29, 0.717) is 0 Å². The lowest BCUT2D eigenvalue weighted by Gasteiger charge is -2.26. The fourth-order valence-corrected chi connectivity index (χ4v) is 3.07. The van der Waals surface area contributed by atoms with Crippen molar-refractivity contribution >= 4 is 11.6 Å². The summed E-state index contributed by atoms with van der Waals surface area (Å²) in [4.78, 5) is 8.99. The minimum atomic E-state index is 0.795. The first-order valence-electron chi connectivity index (χ1n) is 9.04. The second-order valence-electron chi connectivity index (χ2n) is 6.76. The summed E-state index contributed by atoms with van der Waals surface area (Å²) in [7, 11) is 5.97. The summed E-state index contributed by atoms with van der Waals surface area (Å²) in [6.07, 6.45) is 4.07. The van der Waals surface area contributed by atoms with Gasteiger partial charge in [0, 0.05) is 46.5 Å². The Bertz CT molecular complexity index is 533. The van der Waals surface area contributed by atoms with Gasteiger partial charge in [0.15, 0.2) is 5.96 Å². The van der Waals surface area contributed by atoms with Crippen LogP contribution < -0.4 is 15.5 Å². The molecule has 1 aromatic carbocycles. The first kappa shape index (κ1) is 18.6. The Kier molecular flexibility index (Phi) is 7.37. The molecule has 5 nitrogen and oxygen atoms in total. The van der Waals surface area contributed by atoms with E-state index in [1.807, 2.05) is 7.05 Å². The van der Waals surface area contributed by atoms with Gasteiger partial charge >= 0.3 is 0 Å². The molecule has 1 aliphatic rings. The Morgan fingerprint density at radius 3 is 2.54 bits per heavy atom. The van der Waals surface area contributed by atoms with Gasteiger partial charge in [-0.05, 0) is 56.1 Å². The van der Waals surface area contributed by atoms with E-state index < -0.39 is 0 Å². The highest BCUT2D eigenvalue weighted by Gasteiger charge is 2.09. The van der Waals surface area contributed by atoms with Crippen LogP contribution in [0.4, 0.5) is 5.69 Å². The van der Waals surface area contributed by atoms with E-state index >= 15 is 0 Å². The zero-order valence-corrected chi connectivity index (χ0v) is 15.7. The number of benzene rings is 1. The monoisotopic (exact) mass is 331 g/mol. The van der Waals surface area contributed by atoms with Gasteiger partial charge < -0.3 is 20.4 Å².